The maximum atomic E-state index is 12.0. The van der Waals surface area contributed by atoms with Crippen LogP contribution in [0.2, 0.25) is 0 Å². The first-order valence-electron chi connectivity index (χ1n) is 5.72. The van der Waals surface area contributed by atoms with Crippen molar-refractivity contribution in [2.75, 3.05) is 5.73 Å². The number of anilines is 1. The van der Waals surface area contributed by atoms with Gasteiger partial charge in [-0.15, -0.1) is 0 Å². The van der Waals surface area contributed by atoms with Gasteiger partial charge in [-0.1, -0.05) is 29.8 Å². The minimum absolute atomic E-state index is 0.208. The highest BCUT2D eigenvalue weighted by Gasteiger charge is 2.15. The van der Waals surface area contributed by atoms with Gasteiger partial charge < -0.3 is 11.1 Å². The van der Waals surface area contributed by atoms with E-state index in [1.54, 1.807) is 6.92 Å². The maximum Gasteiger partial charge on any atom is 0.257 e. The van der Waals surface area contributed by atoms with Crippen LogP contribution in [0.5, 0.6) is 0 Å². The van der Waals surface area contributed by atoms with Gasteiger partial charge in [-0.3, -0.25) is 9.89 Å². The van der Waals surface area contributed by atoms with E-state index in [0.29, 0.717) is 17.8 Å². The summed E-state index contributed by atoms with van der Waals surface area (Å²) in [5, 5.41) is 9.32. The third-order valence-electron chi connectivity index (χ3n) is 2.74. The van der Waals surface area contributed by atoms with Gasteiger partial charge in [0.15, 0.2) is 5.82 Å². The minimum atomic E-state index is -0.208. The van der Waals surface area contributed by atoms with Crippen molar-refractivity contribution in [1.29, 1.82) is 0 Å². The van der Waals surface area contributed by atoms with Crippen molar-refractivity contribution in [1.82, 2.24) is 15.5 Å². The van der Waals surface area contributed by atoms with Crippen LogP contribution >= 0.6 is 0 Å². The first-order valence-corrected chi connectivity index (χ1v) is 5.72. The van der Waals surface area contributed by atoms with Crippen LogP contribution in [0, 0.1) is 13.8 Å². The highest BCUT2D eigenvalue weighted by atomic mass is 16.1. The molecule has 0 saturated heterocycles. The first kappa shape index (κ1) is 12.2. The number of nitrogens with zero attached hydrogens (tertiary/aromatic N) is 1. The second-order valence-electron chi connectivity index (χ2n) is 4.28. The molecule has 0 aliphatic carbocycles. The van der Waals surface area contributed by atoms with Crippen molar-refractivity contribution in [3.05, 3.63) is 46.6 Å². The van der Waals surface area contributed by atoms with Gasteiger partial charge in [-0.25, -0.2) is 0 Å². The summed E-state index contributed by atoms with van der Waals surface area (Å²) in [7, 11) is 0. The summed E-state index contributed by atoms with van der Waals surface area (Å²) in [6.07, 6.45) is 0. The molecule has 0 bridgehead atoms. The van der Waals surface area contributed by atoms with Crippen molar-refractivity contribution in [3.63, 3.8) is 0 Å². The number of hydrogen-bond acceptors (Lipinski definition) is 3. The monoisotopic (exact) mass is 244 g/mol. The summed E-state index contributed by atoms with van der Waals surface area (Å²) in [5.74, 6) is 0.0227. The van der Waals surface area contributed by atoms with Crippen LogP contribution in [0.15, 0.2) is 24.3 Å². The number of H-pyrrole nitrogens is 1. The SMILES string of the molecule is Cc1cccc(CNC(=O)c2c(N)n[nH]c2C)c1. The van der Waals surface area contributed by atoms with Crippen molar-refractivity contribution >= 4 is 11.7 Å². The topological polar surface area (TPSA) is 83.8 Å². The summed E-state index contributed by atoms with van der Waals surface area (Å²) < 4.78 is 0. The molecule has 1 aromatic carbocycles. The molecule has 0 fully saturated rings. The number of carbonyl (C=O) groups is 1. The van der Waals surface area contributed by atoms with Crippen molar-refractivity contribution in [2.45, 2.75) is 20.4 Å². The number of rotatable bonds is 3. The fourth-order valence-corrected chi connectivity index (χ4v) is 1.83. The van der Waals surface area contributed by atoms with Crippen LogP contribution in [-0.2, 0) is 6.54 Å². The Hall–Kier alpha value is -2.30. The number of aromatic amines is 1. The number of aromatic nitrogens is 2. The molecular formula is C13H16N4O. The summed E-state index contributed by atoms with van der Waals surface area (Å²) >= 11 is 0. The number of benzene rings is 1. The largest absolute Gasteiger partial charge is 0.382 e. The fourth-order valence-electron chi connectivity index (χ4n) is 1.83. The lowest BCUT2D eigenvalue weighted by molar-refractivity contribution is 0.0951. The number of aryl methyl sites for hydroxylation is 2. The Balaban J connectivity index is 2.05. The van der Waals surface area contributed by atoms with E-state index in [1.807, 2.05) is 31.2 Å². The van der Waals surface area contributed by atoms with E-state index in [-0.39, 0.29) is 11.7 Å². The molecule has 0 radical (unpaired) electrons. The van der Waals surface area contributed by atoms with E-state index in [0.717, 1.165) is 5.56 Å². The Morgan fingerprint density at radius 2 is 2.22 bits per heavy atom. The summed E-state index contributed by atoms with van der Waals surface area (Å²) in [6.45, 7) is 4.26. The predicted molar refractivity (Wildman–Crippen MR) is 70.1 cm³/mol. The van der Waals surface area contributed by atoms with Gasteiger partial charge in [0.25, 0.3) is 5.91 Å². The lowest BCUT2D eigenvalue weighted by Crippen LogP contribution is -2.24. The standard InChI is InChI=1S/C13H16N4O/c1-8-4-3-5-10(6-8)7-15-13(18)11-9(2)16-17-12(11)14/h3-6H,7H2,1-2H3,(H,15,18)(H3,14,16,17). The Morgan fingerprint density at radius 1 is 1.44 bits per heavy atom. The molecule has 1 heterocycles. The lowest BCUT2D eigenvalue weighted by Gasteiger charge is -2.06. The summed E-state index contributed by atoms with van der Waals surface area (Å²) in [6, 6.07) is 7.99. The van der Waals surface area contributed by atoms with Crippen LogP contribution in [-0.4, -0.2) is 16.1 Å². The third kappa shape index (κ3) is 2.51. The van der Waals surface area contributed by atoms with Gasteiger partial charge in [0.2, 0.25) is 0 Å². The molecule has 1 aromatic heterocycles. The summed E-state index contributed by atoms with van der Waals surface area (Å²) in [5.41, 5.74) is 8.95. The minimum Gasteiger partial charge on any atom is -0.382 e. The molecule has 5 heteroatoms. The molecule has 4 N–H and O–H groups in total. The smallest absolute Gasteiger partial charge is 0.257 e. The molecule has 2 rings (SSSR count). The quantitative estimate of drug-likeness (QED) is 0.765. The molecule has 5 nitrogen and oxygen atoms in total. The number of hydrogen-bond donors (Lipinski definition) is 3. The van der Waals surface area contributed by atoms with Crippen LogP contribution in [0.1, 0.15) is 27.2 Å². The van der Waals surface area contributed by atoms with Crippen molar-refractivity contribution in [3.8, 4) is 0 Å². The Labute approximate surface area is 105 Å². The number of carbonyl (C=O) groups excluding carboxylic acids is 1. The zero-order valence-electron chi connectivity index (χ0n) is 10.4. The molecule has 1 amide bonds. The van der Waals surface area contributed by atoms with Gasteiger partial charge in [0.05, 0.1) is 0 Å². The van der Waals surface area contributed by atoms with E-state index >= 15 is 0 Å². The second kappa shape index (κ2) is 4.91. The Morgan fingerprint density at radius 3 is 2.83 bits per heavy atom. The molecule has 0 unspecified atom stereocenters. The molecule has 0 spiro atoms. The van der Waals surface area contributed by atoms with Gasteiger partial charge in [-0.05, 0) is 19.4 Å². The van der Waals surface area contributed by atoms with E-state index in [1.165, 1.54) is 5.56 Å². The van der Waals surface area contributed by atoms with Crippen LogP contribution in [0.25, 0.3) is 0 Å². The number of nitrogens with one attached hydrogen (secondary N) is 2. The lowest BCUT2D eigenvalue weighted by atomic mass is 10.1. The van der Waals surface area contributed by atoms with Crippen LogP contribution < -0.4 is 11.1 Å². The number of nitrogen functional groups attached to an aromatic ring is 1. The maximum absolute atomic E-state index is 12.0. The molecule has 0 aliphatic heterocycles. The fraction of sp³-hybridized carbons (Fsp3) is 0.231. The van der Waals surface area contributed by atoms with Crippen LogP contribution in [0.3, 0.4) is 0 Å². The average Bonchev–Trinajstić information content (AvgIpc) is 2.66. The Bertz CT molecular complexity index is 555. The zero-order chi connectivity index (χ0) is 13.1. The molecular weight excluding hydrogens is 228 g/mol. The number of nitrogens with two attached hydrogens (primary N) is 1. The molecule has 94 valence electrons. The predicted octanol–water partition coefficient (Wildman–Crippen LogP) is 1.54. The highest BCUT2D eigenvalue weighted by molar-refractivity contribution is 5.99. The number of amides is 1. The average molecular weight is 244 g/mol. The molecule has 0 aliphatic rings. The first-order chi connectivity index (χ1) is 8.58. The second-order valence-corrected chi connectivity index (χ2v) is 4.28. The van der Waals surface area contributed by atoms with Crippen LogP contribution in [0.4, 0.5) is 5.82 Å². The normalized spacial score (nSPS) is 10.3. The van der Waals surface area contributed by atoms with Gasteiger partial charge in [0, 0.05) is 12.2 Å². The van der Waals surface area contributed by atoms with E-state index in [9.17, 15) is 4.79 Å². The van der Waals surface area contributed by atoms with Crippen molar-refractivity contribution in [2.24, 2.45) is 0 Å². The molecule has 0 atom stereocenters. The molecule has 2 aromatic rings. The van der Waals surface area contributed by atoms with E-state index < -0.39 is 0 Å². The summed E-state index contributed by atoms with van der Waals surface area (Å²) in [4.78, 5) is 12.0. The molecule has 0 saturated carbocycles. The van der Waals surface area contributed by atoms with Gasteiger partial charge in [-0.2, -0.15) is 5.10 Å². The highest BCUT2D eigenvalue weighted by Crippen LogP contribution is 2.12. The van der Waals surface area contributed by atoms with E-state index in [4.69, 9.17) is 5.73 Å². The molecule has 18 heavy (non-hydrogen) atoms. The Kier molecular flexibility index (Phi) is 3.32. The van der Waals surface area contributed by atoms with E-state index in [2.05, 4.69) is 15.5 Å². The van der Waals surface area contributed by atoms with Gasteiger partial charge in [0.1, 0.15) is 5.56 Å². The third-order valence-corrected chi connectivity index (χ3v) is 2.74. The van der Waals surface area contributed by atoms with Crippen molar-refractivity contribution < 1.29 is 4.79 Å². The van der Waals surface area contributed by atoms with Gasteiger partial charge >= 0.3 is 0 Å². The zero-order valence-corrected chi connectivity index (χ0v) is 10.4.